The Morgan fingerprint density at radius 3 is 2.67 bits per heavy atom. The lowest BCUT2D eigenvalue weighted by atomic mass is 10.2. The summed E-state index contributed by atoms with van der Waals surface area (Å²) in [6, 6.07) is 10.0. The minimum absolute atomic E-state index is 0. The monoisotopic (exact) mass is 503 g/mol. The van der Waals surface area contributed by atoms with Crippen LogP contribution in [0.3, 0.4) is 0 Å². The van der Waals surface area contributed by atoms with Crippen molar-refractivity contribution in [3.8, 4) is 11.3 Å². The smallest absolute Gasteiger partial charge is 0.194 e. The molecule has 1 aromatic heterocycles. The predicted octanol–water partition coefficient (Wildman–Crippen LogP) is 2.28. The molecule has 0 radical (unpaired) electrons. The molecule has 0 unspecified atom stereocenters. The highest BCUT2D eigenvalue weighted by Gasteiger charge is 2.40. The van der Waals surface area contributed by atoms with E-state index < -0.39 is 14.6 Å². The van der Waals surface area contributed by atoms with E-state index in [1.165, 1.54) is 0 Å². The largest absolute Gasteiger partial charge is 0.349 e. The first-order chi connectivity index (χ1) is 12.3. The second-order valence-electron chi connectivity index (χ2n) is 7.01. The summed E-state index contributed by atoms with van der Waals surface area (Å²) in [5.74, 6) is 1.62. The van der Waals surface area contributed by atoms with Gasteiger partial charge < -0.3 is 15.2 Å². The van der Waals surface area contributed by atoms with Crippen LogP contribution in [0.4, 0.5) is 0 Å². The van der Waals surface area contributed by atoms with E-state index >= 15 is 0 Å². The number of aromatic amines is 1. The van der Waals surface area contributed by atoms with Gasteiger partial charge in [-0.25, -0.2) is 13.4 Å². The first-order valence-electron chi connectivity index (χ1n) is 8.59. The van der Waals surface area contributed by atoms with Crippen molar-refractivity contribution in [2.45, 2.75) is 25.1 Å². The van der Waals surface area contributed by atoms with Crippen molar-refractivity contribution in [3.63, 3.8) is 0 Å². The SMILES string of the molecule is CN=C(NCc1ncc(-c2ccccc2)[nH]1)N1CCS(=O)(=O)C(C)(C)C1.I. The molecular weight excluding hydrogens is 477 g/mol. The minimum atomic E-state index is -3.07. The van der Waals surface area contributed by atoms with Gasteiger partial charge in [0.1, 0.15) is 5.82 Å². The van der Waals surface area contributed by atoms with E-state index in [2.05, 4.69) is 20.3 Å². The van der Waals surface area contributed by atoms with E-state index in [1.807, 2.05) is 41.4 Å². The second-order valence-corrected chi connectivity index (χ2v) is 9.75. The van der Waals surface area contributed by atoms with Crippen molar-refractivity contribution < 1.29 is 8.42 Å². The van der Waals surface area contributed by atoms with Crippen LogP contribution in [0, 0.1) is 0 Å². The van der Waals surface area contributed by atoms with Crippen molar-refractivity contribution in [2.75, 3.05) is 25.9 Å². The average molecular weight is 503 g/mol. The third kappa shape index (κ3) is 4.81. The topological polar surface area (TPSA) is 90.4 Å². The molecule has 0 bridgehead atoms. The number of aromatic nitrogens is 2. The molecule has 0 spiro atoms. The van der Waals surface area contributed by atoms with E-state index in [0.29, 0.717) is 25.6 Å². The minimum Gasteiger partial charge on any atom is -0.349 e. The lowest BCUT2D eigenvalue weighted by Gasteiger charge is -2.39. The molecule has 0 saturated carbocycles. The summed E-state index contributed by atoms with van der Waals surface area (Å²) in [5.41, 5.74) is 2.04. The third-order valence-corrected chi connectivity index (χ3v) is 7.21. The maximum atomic E-state index is 12.2. The molecule has 1 aromatic carbocycles. The second kappa shape index (κ2) is 8.59. The van der Waals surface area contributed by atoms with Gasteiger partial charge in [-0.2, -0.15) is 0 Å². The number of rotatable bonds is 3. The molecule has 1 saturated heterocycles. The normalized spacial score (nSPS) is 18.6. The summed E-state index contributed by atoms with van der Waals surface area (Å²) in [6.45, 7) is 4.88. The molecule has 7 nitrogen and oxygen atoms in total. The van der Waals surface area contributed by atoms with Crippen LogP contribution in [0.2, 0.25) is 0 Å². The summed E-state index contributed by atoms with van der Waals surface area (Å²) < 4.78 is 23.6. The molecule has 9 heteroatoms. The highest BCUT2D eigenvalue weighted by atomic mass is 127. The Kier molecular flexibility index (Phi) is 6.90. The van der Waals surface area contributed by atoms with Crippen molar-refractivity contribution >= 4 is 39.8 Å². The molecule has 2 aromatic rings. The zero-order valence-corrected chi connectivity index (χ0v) is 18.9. The number of imidazole rings is 1. The number of H-pyrrole nitrogens is 1. The van der Waals surface area contributed by atoms with Gasteiger partial charge in [0.25, 0.3) is 0 Å². The van der Waals surface area contributed by atoms with Crippen LogP contribution in [-0.4, -0.2) is 59.9 Å². The summed E-state index contributed by atoms with van der Waals surface area (Å²) in [7, 11) is -1.37. The standard InChI is InChI=1S/C18H25N5O2S.HI/c1-18(2)13-23(9-10-26(18,24)25)17(19-3)21-12-16-20-11-15(22-16)14-7-5-4-6-8-14;/h4-8,11H,9-10,12-13H2,1-3H3,(H,19,21)(H,20,22);1H. The number of benzene rings is 1. The molecule has 2 heterocycles. The maximum absolute atomic E-state index is 12.2. The fourth-order valence-electron chi connectivity index (χ4n) is 3.04. The number of halogens is 1. The van der Waals surface area contributed by atoms with Gasteiger partial charge in [0.2, 0.25) is 0 Å². The molecule has 27 heavy (non-hydrogen) atoms. The highest BCUT2D eigenvalue weighted by molar-refractivity contribution is 14.0. The molecule has 1 aliphatic heterocycles. The van der Waals surface area contributed by atoms with Gasteiger partial charge in [-0.1, -0.05) is 30.3 Å². The van der Waals surface area contributed by atoms with Gasteiger partial charge in [0.15, 0.2) is 15.8 Å². The number of hydrogen-bond donors (Lipinski definition) is 2. The summed E-state index contributed by atoms with van der Waals surface area (Å²) in [5, 5.41) is 3.27. The Balaban J connectivity index is 0.00000261. The Bertz CT molecular complexity index is 893. The molecule has 3 rings (SSSR count). The van der Waals surface area contributed by atoms with Crippen LogP contribution < -0.4 is 5.32 Å². The number of hydrogen-bond acceptors (Lipinski definition) is 4. The summed E-state index contributed by atoms with van der Waals surface area (Å²) in [4.78, 5) is 14.0. The van der Waals surface area contributed by atoms with Gasteiger partial charge in [-0.3, -0.25) is 4.99 Å². The van der Waals surface area contributed by atoms with Crippen molar-refractivity contribution in [1.82, 2.24) is 20.2 Å². The number of guanidine groups is 1. The van der Waals surface area contributed by atoms with Gasteiger partial charge in [0, 0.05) is 20.1 Å². The lowest BCUT2D eigenvalue weighted by molar-refractivity contribution is 0.353. The predicted molar refractivity (Wildman–Crippen MR) is 119 cm³/mol. The number of nitrogens with zero attached hydrogens (tertiary/aromatic N) is 3. The average Bonchev–Trinajstić information content (AvgIpc) is 3.08. The Morgan fingerprint density at radius 1 is 1.33 bits per heavy atom. The molecule has 0 atom stereocenters. The Labute approximate surface area is 177 Å². The first kappa shape index (κ1) is 21.7. The van der Waals surface area contributed by atoms with Crippen LogP contribution in [0.5, 0.6) is 0 Å². The Hall–Kier alpha value is -1.62. The number of aliphatic imine (C=N–C) groups is 1. The molecule has 2 N–H and O–H groups in total. The zero-order valence-electron chi connectivity index (χ0n) is 15.8. The molecule has 1 aliphatic rings. The molecule has 0 amide bonds. The summed E-state index contributed by atoms with van der Waals surface area (Å²) >= 11 is 0. The highest BCUT2D eigenvalue weighted by Crippen LogP contribution is 2.23. The molecule has 1 fully saturated rings. The summed E-state index contributed by atoms with van der Waals surface area (Å²) in [6.07, 6.45) is 1.81. The van der Waals surface area contributed by atoms with Crippen molar-refractivity contribution in [3.05, 3.63) is 42.4 Å². The van der Waals surface area contributed by atoms with Crippen molar-refractivity contribution in [1.29, 1.82) is 0 Å². The van der Waals surface area contributed by atoms with E-state index in [-0.39, 0.29) is 29.7 Å². The maximum Gasteiger partial charge on any atom is 0.194 e. The Morgan fingerprint density at radius 2 is 2.04 bits per heavy atom. The molecule has 148 valence electrons. The van der Waals surface area contributed by atoms with E-state index in [9.17, 15) is 8.42 Å². The fourth-order valence-corrected chi connectivity index (χ4v) is 4.40. The zero-order chi connectivity index (χ0) is 18.8. The van der Waals surface area contributed by atoms with E-state index in [0.717, 1.165) is 17.1 Å². The van der Waals surface area contributed by atoms with Crippen LogP contribution in [0.15, 0.2) is 41.5 Å². The van der Waals surface area contributed by atoms with Crippen LogP contribution >= 0.6 is 24.0 Å². The van der Waals surface area contributed by atoms with E-state index in [1.54, 1.807) is 20.9 Å². The van der Waals surface area contributed by atoms with Gasteiger partial charge in [0.05, 0.1) is 28.9 Å². The lowest BCUT2D eigenvalue weighted by Crippen LogP contribution is -2.57. The third-order valence-electron chi connectivity index (χ3n) is 4.68. The van der Waals surface area contributed by atoms with E-state index in [4.69, 9.17) is 0 Å². The van der Waals surface area contributed by atoms with Gasteiger partial charge >= 0.3 is 0 Å². The first-order valence-corrected chi connectivity index (χ1v) is 10.2. The van der Waals surface area contributed by atoms with Crippen LogP contribution in [-0.2, 0) is 16.4 Å². The van der Waals surface area contributed by atoms with Gasteiger partial charge in [-0.15, -0.1) is 24.0 Å². The number of sulfone groups is 1. The van der Waals surface area contributed by atoms with Crippen molar-refractivity contribution in [2.24, 2.45) is 4.99 Å². The van der Waals surface area contributed by atoms with Gasteiger partial charge in [-0.05, 0) is 19.4 Å². The number of nitrogens with one attached hydrogen (secondary N) is 2. The molecular formula is C18H26IN5O2S. The fraction of sp³-hybridized carbons (Fsp3) is 0.444. The van der Waals surface area contributed by atoms with Crippen LogP contribution in [0.1, 0.15) is 19.7 Å². The quantitative estimate of drug-likeness (QED) is 0.381. The van der Waals surface area contributed by atoms with Crippen LogP contribution in [0.25, 0.3) is 11.3 Å². The molecule has 0 aliphatic carbocycles.